The highest BCUT2D eigenvalue weighted by atomic mass is 32.2. The van der Waals surface area contributed by atoms with Crippen LogP contribution in [-0.2, 0) is 17.8 Å². The zero-order valence-corrected chi connectivity index (χ0v) is 18.7. The van der Waals surface area contributed by atoms with Crippen molar-refractivity contribution in [2.24, 2.45) is 0 Å². The molecular weight excluding hydrogens is 418 g/mol. The van der Waals surface area contributed by atoms with Crippen LogP contribution in [0.15, 0.2) is 41.3 Å². The summed E-state index contributed by atoms with van der Waals surface area (Å²) in [5.41, 5.74) is 2.83. The van der Waals surface area contributed by atoms with Gasteiger partial charge in [-0.05, 0) is 48.7 Å². The first-order chi connectivity index (χ1) is 14.3. The van der Waals surface area contributed by atoms with E-state index in [1.807, 2.05) is 43.3 Å². The van der Waals surface area contributed by atoms with Crippen molar-refractivity contribution in [2.45, 2.75) is 33.3 Å². The Labute approximate surface area is 185 Å². The number of amides is 1. The largest absolute Gasteiger partial charge is 0.507 e. The summed E-state index contributed by atoms with van der Waals surface area (Å²) in [6, 6.07) is 10.9. The van der Waals surface area contributed by atoms with Crippen LogP contribution in [0.5, 0.6) is 11.5 Å². The Bertz CT molecular complexity index is 1030. The standard InChI is InChI=1S/C23H23NO4S2/c1-4-5-19-16(8-11-18(14(2)25)21(19)26)13-28-17-9-6-15(7-10-17)12-20-22(27)24(3)23(29)30-20/h6-12,26H,4-5,13H2,1-3H3/b20-12-. The van der Waals surface area contributed by atoms with Crippen molar-refractivity contribution in [3.63, 3.8) is 0 Å². The van der Waals surface area contributed by atoms with Gasteiger partial charge < -0.3 is 9.84 Å². The van der Waals surface area contributed by atoms with Gasteiger partial charge in [-0.25, -0.2) is 0 Å². The second kappa shape index (κ2) is 9.45. The second-order valence-electron chi connectivity index (χ2n) is 7.00. The summed E-state index contributed by atoms with van der Waals surface area (Å²) in [7, 11) is 1.67. The zero-order valence-electron chi connectivity index (χ0n) is 17.1. The molecule has 0 saturated carbocycles. The number of thiocarbonyl (C=S) groups is 1. The summed E-state index contributed by atoms with van der Waals surface area (Å²) in [5.74, 6) is 0.470. The highest BCUT2D eigenvalue weighted by Crippen LogP contribution is 2.32. The van der Waals surface area contributed by atoms with Crippen molar-refractivity contribution in [3.05, 3.63) is 63.6 Å². The first kappa shape index (κ1) is 22.1. The number of benzene rings is 2. The maximum absolute atomic E-state index is 12.1. The van der Waals surface area contributed by atoms with Crippen molar-refractivity contribution < 1.29 is 19.4 Å². The van der Waals surface area contributed by atoms with E-state index in [2.05, 4.69) is 0 Å². The summed E-state index contributed by atoms with van der Waals surface area (Å²) >= 11 is 6.43. The van der Waals surface area contributed by atoms with E-state index in [4.69, 9.17) is 17.0 Å². The van der Waals surface area contributed by atoms with Gasteiger partial charge in [0.05, 0.1) is 10.5 Å². The first-order valence-electron chi connectivity index (χ1n) is 9.61. The summed E-state index contributed by atoms with van der Waals surface area (Å²) in [6.07, 6.45) is 3.32. The average Bonchev–Trinajstić information content (AvgIpc) is 2.96. The molecular formula is C23H23NO4S2. The predicted octanol–water partition coefficient (Wildman–Crippen LogP) is 4.96. The van der Waals surface area contributed by atoms with Gasteiger partial charge in [0.25, 0.3) is 5.91 Å². The number of phenolic OH excluding ortho intramolecular Hbond substituents is 1. The van der Waals surface area contributed by atoms with Gasteiger partial charge in [-0.3, -0.25) is 14.5 Å². The van der Waals surface area contributed by atoms with Gasteiger partial charge in [-0.2, -0.15) is 0 Å². The third-order valence-corrected chi connectivity index (χ3v) is 6.30. The van der Waals surface area contributed by atoms with E-state index in [-0.39, 0.29) is 24.0 Å². The van der Waals surface area contributed by atoms with E-state index in [9.17, 15) is 14.7 Å². The fourth-order valence-corrected chi connectivity index (χ4v) is 4.32. The maximum Gasteiger partial charge on any atom is 0.265 e. The number of hydrogen-bond acceptors (Lipinski definition) is 6. The van der Waals surface area contributed by atoms with E-state index in [1.54, 1.807) is 13.1 Å². The molecule has 7 heteroatoms. The molecule has 1 aliphatic heterocycles. The third-order valence-electron chi connectivity index (χ3n) is 4.82. The minimum Gasteiger partial charge on any atom is -0.507 e. The van der Waals surface area contributed by atoms with Gasteiger partial charge in [0, 0.05) is 12.6 Å². The molecule has 1 fully saturated rings. The summed E-state index contributed by atoms with van der Waals surface area (Å²) in [6.45, 7) is 3.76. The second-order valence-corrected chi connectivity index (χ2v) is 8.68. The summed E-state index contributed by atoms with van der Waals surface area (Å²) in [4.78, 5) is 25.9. The normalized spacial score (nSPS) is 15.2. The Hall–Kier alpha value is -2.64. The van der Waals surface area contributed by atoms with Crippen molar-refractivity contribution in [1.29, 1.82) is 0 Å². The average molecular weight is 442 g/mol. The lowest BCUT2D eigenvalue weighted by atomic mass is 9.97. The molecule has 0 aromatic heterocycles. The van der Waals surface area contributed by atoms with E-state index in [0.717, 1.165) is 23.1 Å². The van der Waals surface area contributed by atoms with E-state index in [0.29, 0.717) is 27.0 Å². The number of hydrogen-bond donors (Lipinski definition) is 1. The zero-order chi connectivity index (χ0) is 21.8. The van der Waals surface area contributed by atoms with E-state index in [1.165, 1.54) is 23.6 Å². The topological polar surface area (TPSA) is 66.8 Å². The highest BCUT2D eigenvalue weighted by molar-refractivity contribution is 8.26. The van der Waals surface area contributed by atoms with Crippen LogP contribution in [0.4, 0.5) is 0 Å². The van der Waals surface area contributed by atoms with E-state index >= 15 is 0 Å². The Morgan fingerprint density at radius 2 is 1.93 bits per heavy atom. The van der Waals surface area contributed by atoms with Crippen LogP contribution in [0.2, 0.25) is 0 Å². The maximum atomic E-state index is 12.1. The van der Waals surface area contributed by atoms with Crippen LogP contribution >= 0.6 is 24.0 Å². The molecule has 1 aliphatic rings. The number of thioether (sulfide) groups is 1. The van der Waals surface area contributed by atoms with Crippen LogP contribution in [-0.4, -0.2) is 33.1 Å². The first-order valence-corrected chi connectivity index (χ1v) is 10.8. The third kappa shape index (κ3) is 4.74. The minimum absolute atomic E-state index is 0.0500. The van der Waals surface area contributed by atoms with Gasteiger partial charge >= 0.3 is 0 Å². The van der Waals surface area contributed by atoms with Gasteiger partial charge in [0.2, 0.25) is 0 Å². The number of ketones is 1. The molecule has 1 N–H and O–H groups in total. The molecule has 156 valence electrons. The molecule has 0 radical (unpaired) electrons. The van der Waals surface area contributed by atoms with Crippen LogP contribution in [0.3, 0.4) is 0 Å². The molecule has 0 aliphatic carbocycles. The van der Waals surface area contributed by atoms with Crippen molar-refractivity contribution in [2.75, 3.05) is 7.05 Å². The Balaban J connectivity index is 1.73. The lowest BCUT2D eigenvalue weighted by Crippen LogP contribution is -2.22. The SMILES string of the molecule is CCCc1c(COc2ccc(/C=C3\SC(=S)N(C)C3=O)cc2)ccc(C(C)=O)c1O. The molecule has 0 spiro atoms. The lowest BCUT2D eigenvalue weighted by Gasteiger charge is -2.14. The van der Waals surface area contributed by atoms with Gasteiger partial charge in [0.15, 0.2) is 5.78 Å². The predicted molar refractivity (Wildman–Crippen MR) is 124 cm³/mol. The van der Waals surface area contributed by atoms with Crippen LogP contribution in [0, 0.1) is 0 Å². The number of carbonyl (C=O) groups is 2. The fourth-order valence-electron chi connectivity index (χ4n) is 3.14. The number of aromatic hydroxyl groups is 1. The quantitative estimate of drug-likeness (QED) is 0.372. The molecule has 0 atom stereocenters. The number of carbonyl (C=O) groups excluding carboxylic acids is 2. The fraction of sp³-hybridized carbons (Fsp3) is 0.261. The lowest BCUT2D eigenvalue weighted by molar-refractivity contribution is -0.121. The summed E-state index contributed by atoms with van der Waals surface area (Å²) < 4.78 is 6.45. The number of phenols is 1. The smallest absolute Gasteiger partial charge is 0.265 e. The van der Waals surface area contributed by atoms with Crippen molar-refractivity contribution in [1.82, 2.24) is 4.90 Å². The van der Waals surface area contributed by atoms with Crippen LogP contribution in [0.1, 0.15) is 47.3 Å². The minimum atomic E-state index is -0.159. The molecule has 0 bridgehead atoms. The molecule has 5 nitrogen and oxygen atoms in total. The van der Waals surface area contributed by atoms with Crippen molar-refractivity contribution >= 4 is 46.1 Å². The molecule has 1 saturated heterocycles. The Kier molecular flexibility index (Phi) is 6.95. The Morgan fingerprint density at radius 1 is 1.23 bits per heavy atom. The molecule has 2 aromatic carbocycles. The number of likely N-dealkylation sites (N-methyl/N-ethyl adjacent to an activating group) is 1. The van der Waals surface area contributed by atoms with Gasteiger partial charge in [-0.15, -0.1) is 0 Å². The van der Waals surface area contributed by atoms with Crippen LogP contribution < -0.4 is 4.74 Å². The van der Waals surface area contributed by atoms with Gasteiger partial charge in [0.1, 0.15) is 22.4 Å². The number of Topliss-reactive ketones (excluding diaryl/α,β-unsaturated/α-hetero) is 1. The highest BCUT2D eigenvalue weighted by Gasteiger charge is 2.28. The Morgan fingerprint density at radius 3 is 2.50 bits per heavy atom. The van der Waals surface area contributed by atoms with Crippen molar-refractivity contribution in [3.8, 4) is 11.5 Å². The number of nitrogens with zero attached hydrogens (tertiary/aromatic N) is 1. The molecule has 2 aromatic rings. The molecule has 3 rings (SSSR count). The van der Waals surface area contributed by atoms with Crippen LogP contribution in [0.25, 0.3) is 6.08 Å². The van der Waals surface area contributed by atoms with E-state index < -0.39 is 0 Å². The molecule has 30 heavy (non-hydrogen) atoms. The molecule has 1 heterocycles. The number of rotatable bonds is 7. The monoisotopic (exact) mass is 441 g/mol. The summed E-state index contributed by atoms with van der Waals surface area (Å²) in [5, 5.41) is 10.5. The number of ether oxygens (including phenoxy) is 1. The van der Waals surface area contributed by atoms with Gasteiger partial charge in [-0.1, -0.05) is 55.5 Å². The molecule has 1 amide bonds. The molecule has 0 unspecified atom stereocenters.